The molecule has 1 fully saturated rings. The first kappa shape index (κ1) is 15.6. The van der Waals surface area contributed by atoms with Gasteiger partial charge in [0.2, 0.25) is 0 Å². The maximum atomic E-state index is 12.1. The van der Waals surface area contributed by atoms with E-state index < -0.39 is 9.84 Å². The number of carbonyl (C=O) groups excluding carboxylic acids is 1. The first-order valence-electron chi connectivity index (χ1n) is 6.76. The zero-order valence-corrected chi connectivity index (χ0v) is 13.0. The quantitative estimate of drug-likeness (QED) is 0.901. The summed E-state index contributed by atoms with van der Waals surface area (Å²) in [6, 6.07) is 6.92. The minimum absolute atomic E-state index is 0.0472. The summed E-state index contributed by atoms with van der Waals surface area (Å²) in [5.41, 5.74) is 0.876. The molecule has 0 saturated carbocycles. The second kappa shape index (κ2) is 6.34. The van der Waals surface area contributed by atoms with E-state index in [1.807, 2.05) is 24.3 Å². The van der Waals surface area contributed by atoms with E-state index in [0.29, 0.717) is 18.7 Å². The van der Waals surface area contributed by atoms with Crippen LogP contribution in [0.25, 0.3) is 0 Å². The molecule has 6 nitrogen and oxygen atoms in total. The first-order chi connectivity index (χ1) is 9.93. The Morgan fingerprint density at radius 1 is 1.43 bits per heavy atom. The average Bonchev–Trinajstić information content (AvgIpc) is 2.84. The summed E-state index contributed by atoms with van der Waals surface area (Å²) in [7, 11) is 0.214. The van der Waals surface area contributed by atoms with Gasteiger partial charge >= 0.3 is 6.03 Å². The van der Waals surface area contributed by atoms with Gasteiger partial charge in [0.25, 0.3) is 0 Å². The normalized spacial score (nSPS) is 20.0. The molecule has 0 spiro atoms. The van der Waals surface area contributed by atoms with Crippen molar-refractivity contribution in [2.75, 3.05) is 25.7 Å². The molecule has 1 N–H and O–H groups in total. The summed E-state index contributed by atoms with van der Waals surface area (Å²) in [5, 5.41) is 2.79. The summed E-state index contributed by atoms with van der Waals surface area (Å²) < 4.78 is 28.1. The van der Waals surface area contributed by atoms with Crippen LogP contribution in [0.4, 0.5) is 4.79 Å². The van der Waals surface area contributed by atoms with Crippen LogP contribution in [-0.2, 0) is 16.4 Å². The molecule has 1 aromatic carbocycles. The topological polar surface area (TPSA) is 75.7 Å². The van der Waals surface area contributed by atoms with E-state index in [1.165, 1.54) is 4.90 Å². The Labute approximate surface area is 125 Å². The zero-order valence-electron chi connectivity index (χ0n) is 12.2. The second-order valence-electron chi connectivity index (χ2n) is 5.14. The van der Waals surface area contributed by atoms with Gasteiger partial charge in [-0.1, -0.05) is 18.2 Å². The van der Waals surface area contributed by atoms with Crippen molar-refractivity contribution in [3.05, 3.63) is 29.8 Å². The van der Waals surface area contributed by atoms with Crippen LogP contribution in [0.5, 0.6) is 5.75 Å². The van der Waals surface area contributed by atoms with Crippen molar-refractivity contribution in [2.45, 2.75) is 19.0 Å². The molecule has 7 heteroatoms. The summed E-state index contributed by atoms with van der Waals surface area (Å²) in [5.74, 6) is 0.914. The van der Waals surface area contributed by atoms with E-state index in [2.05, 4.69) is 5.32 Å². The van der Waals surface area contributed by atoms with E-state index in [4.69, 9.17) is 4.74 Å². The number of sulfone groups is 1. The number of hydrogen-bond acceptors (Lipinski definition) is 4. The van der Waals surface area contributed by atoms with Crippen LogP contribution in [0.1, 0.15) is 12.0 Å². The number of amides is 2. The molecule has 1 aliphatic heterocycles. The van der Waals surface area contributed by atoms with E-state index in [9.17, 15) is 13.2 Å². The minimum atomic E-state index is -2.99. The van der Waals surface area contributed by atoms with E-state index >= 15 is 0 Å². The summed E-state index contributed by atoms with van der Waals surface area (Å²) in [4.78, 5) is 13.6. The van der Waals surface area contributed by atoms with Crippen molar-refractivity contribution < 1.29 is 17.9 Å². The van der Waals surface area contributed by atoms with Crippen LogP contribution in [0.15, 0.2) is 24.3 Å². The van der Waals surface area contributed by atoms with Crippen LogP contribution in [-0.4, -0.2) is 51.1 Å². The van der Waals surface area contributed by atoms with Gasteiger partial charge in [0.05, 0.1) is 18.6 Å². The zero-order chi connectivity index (χ0) is 15.5. The van der Waals surface area contributed by atoms with Gasteiger partial charge < -0.3 is 15.0 Å². The van der Waals surface area contributed by atoms with Crippen LogP contribution in [0, 0.1) is 0 Å². The Bertz CT molecular complexity index is 615. The summed E-state index contributed by atoms with van der Waals surface area (Å²) >= 11 is 0. The molecule has 2 amide bonds. The van der Waals surface area contributed by atoms with Crippen molar-refractivity contribution in [1.29, 1.82) is 0 Å². The van der Waals surface area contributed by atoms with Gasteiger partial charge in [-0.3, -0.25) is 0 Å². The fourth-order valence-corrected chi connectivity index (χ4v) is 4.17. The maximum Gasteiger partial charge on any atom is 0.317 e. The Morgan fingerprint density at radius 3 is 2.76 bits per heavy atom. The number of nitrogens with one attached hydrogen (secondary N) is 1. The number of ether oxygens (including phenoxy) is 1. The lowest BCUT2D eigenvalue weighted by molar-refractivity contribution is 0.194. The van der Waals surface area contributed by atoms with Crippen LogP contribution in [0.3, 0.4) is 0 Å². The monoisotopic (exact) mass is 312 g/mol. The molecule has 2 rings (SSSR count). The first-order valence-corrected chi connectivity index (χ1v) is 8.58. The molecule has 1 aliphatic rings. The van der Waals surface area contributed by atoms with E-state index in [1.54, 1.807) is 14.2 Å². The molecule has 1 atom stereocenters. The third-order valence-corrected chi connectivity index (χ3v) is 5.45. The van der Waals surface area contributed by atoms with Crippen molar-refractivity contribution >= 4 is 15.9 Å². The van der Waals surface area contributed by atoms with Crippen LogP contribution < -0.4 is 10.1 Å². The summed E-state index contributed by atoms with van der Waals surface area (Å²) in [6.07, 6.45) is 0.501. The maximum absolute atomic E-state index is 12.1. The number of benzene rings is 1. The Hall–Kier alpha value is -1.76. The number of methoxy groups -OCH3 is 1. The molecule has 0 aromatic heterocycles. The molecule has 21 heavy (non-hydrogen) atoms. The predicted octanol–water partition coefficient (Wildman–Crippen LogP) is 1.02. The molecule has 1 aromatic rings. The lowest BCUT2D eigenvalue weighted by Gasteiger charge is -2.23. The van der Waals surface area contributed by atoms with Gasteiger partial charge in [0.1, 0.15) is 5.75 Å². The highest BCUT2D eigenvalue weighted by atomic mass is 32.2. The third-order valence-electron chi connectivity index (χ3n) is 3.70. The van der Waals surface area contributed by atoms with Crippen molar-refractivity contribution in [1.82, 2.24) is 10.2 Å². The van der Waals surface area contributed by atoms with Crippen molar-refractivity contribution in [2.24, 2.45) is 0 Å². The van der Waals surface area contributed by atoms with Crippen molar-refractivity contribution in [3.8, 4) is 5.75 Å². The third kappa shape index (κ3) is 3.87. The standard InChI is InChI=1S/C14H20N2O4S/c1-16(12-7-8-21(18,19)10-12)14(17)15-9-11-5-3-4-6-13(11)20-2/h3-6,12H,7-10H2,1-2H3,(H,15,17). The molecule has 1 unspecified atom stereocenters. The highest BCUT2D eigenvalue weighted by molar-refractivity contribution is 7.91. The Balaban J connectivity index is 1.93. The molecule has 0 aliphatic carbocycles. The SMILES string of the molecule is COc1ccccc1CNC(=O)N(C)C1CCS(=O)(=O)C1. The number of hydrogen-bond donors (Lipinski definition) is 1. The van der Waals surface area contributed by atoms with Gasteiger partial charge in [-0.2, -0.15) is 0 Å². The Morgan fingerprint density at radius 2 is 2.14 bits per heavy atom. The molecule has 116 valence electrons. The van der Waals surface area contributed by atoms with E-state index in [-0.39, 0.29) is 23.6 Å². The highest BCUT2D eigenvalue weighted by Gasteiger charge is 2.32. The predicted molar refractivity (Wildman–Crippen MR) is 80.1 cm³/mol. The lowest BCUT2D eigenvalue weighted by Crippen LogP contribution is -2.43. The number of para-hydroxylation sites is 1. The lowest BCUT2D eigenvalue weighted by atomic mass is 10.2. The van der Waals surface area contributed by atoms with E-state index in [0.717, 1.165) is 5.56 Å². The number of rotatable bonds is 4. The van der Waals surface area contributed by atoms with Gasteiger partial charge in [0.15, 0.2) is 9.84 Å². The second-order valence-corrected chi connectivity index (χ2v) is 7.37. The number of carbonyl (C=O) groups is 1. The van der Waals surface area contributed by atoms with Gasteiger partial charge in [-0.05, 0) is 12.5 Å². The van der Waals surface area contributed by atoms with Crippen LogP contribution in [0.2, 0.25) is 0 Å². The fourth-order valence-electron chi connectivity index (χ4n) is 2.39. The Kier molecular flexibility index (Phi) is 4.72. The number of nitrogens with zero attached hydrogens (tertiary/aromatic N) is 1. The van der Waals surface area contributed by atoms with Gasteiger partial charge in [0, 0.05) is 25.2 Å². The van der Waals surface area contributed by atoms with Gasteiger partial charge in [-0.25, -0.2) is 13.2 Å². The minimum Gasteiger partial charge on any atom is -0.496 e. The molecule has 0 bridgehead atoms. The van der Waals surface area contributed by atoms with Gasteiger partial charge in [-0.15, -0.1) is 0 Å². The average molecular weight is 312 g/mol. The number of urea groups is 1. The van der Waals surface area contributed by atoms with Crippen molar-refractivity contribution in [3.63, 3.8) is 0 Å². The molecule has 1 saturated heterocycles. The molecular weight excluding hydrogens is 292 g/mol. The largest absolute Gasteiger partial charge is 0.496 e. The molecule has 0 radical (unpaired) electrons. The fraction of sp³-hybridized carbons (Fsp3) is 0.500. The highest BCUT2D eigenvalue weighted by Crippen LogP contribution is 2.18. The van der Waals surface area contributed by atoms with Crippen LogP contribution >= 0.6 is 0 Å². The molecular formula is C14H20N2O4S. The smallest absolute Gasteiger partial charge is 0.317 e. The summed E-state index contributed by atoms with van der Waals surface area (Å²) in [6.45, 7) is 0.340. The molecule has 1 heterocycles.